The van der Waals surface area contributed by atoms with E-state index in [0.717, 1.165) is 31.8 Å². The second kappa shape index (κ2) is 17.2. The average molecular weight is 509 g/mol. The first kappa shape index (κ1) is 29.1. The van der Waals surface area contributed by atoms with Gasteiger partial charge >= 0.3 is 8.56 Å². The Morgan fingerprint density at radius 3 is 1.53 bits per heavy atom. The molecule has 1 saturated carbocycles. The van der Waals surface area contributed by atoms with Crippen molar-refractivity contribution in [1.82, 2.24) is 0 Å². The van der Waals surface area contributed by atoms with Crippen molar-refractivity contribution in [2.75, 3.05) is 6.61 Å². The van der Waals surface area contributed by atoms with E-state index in [9.17, 15) is 0 Å². The van der Waals surface area contributed by atoms with Gasteiger partial charge < -0.3 is 8.85 Å². The number of hydrogen-bond acceptors (Lipinski definition) is 2. The van der Waals surface area contributed by atoms with Crippen LogP contribution in [0.3, 0.4) is 0 Å². The van der Waals surface area contributed by atoms with Gasteiger partial charge in [-0.1, -0.05) is 145 Å². The van der Waals surface area contributed by atoms with Crippen LogP contribution >= 0.6 is 0 Å². The molecule has 0 radical (unpaired) electrons. The molecule has 0 heterocycles. The predicted octanol–water partition coefficient (Wildman–Crippen LogP) is 8.56. The summed E-state index contributed by atoms with van der Waals surface area (Å²) in [6.45, 7) is 5.46. The van der Waals surface area contributed by atoms with E-state index in [1.807, 2.05) is 0 Å². The van der Waals surface area contributed by atoms with Crippen LogP contribution in [0.5, 0.6) is 0 Å². The molecule has 0 aromatic heterocycles. The minimum absolute atomic E-state index is 0.301. The predicted molar refractivity (Wildman–Crippen MR) is 157 cm³/mol. The maximum Gasteiger partial charge on any atom is 0.407 e. The quantitative estimate of drug-likeness (QED) is 0.148. The van der Waals surface area contributed by atoms with E-state index < -0.39 is 8.56 Å². The summed E-state index contributed by atoms with van der Waals surface area (Å²) in [5.74, 6) is 0.816. The molecule has 0 N–H and O–H groups in total. The van der Waals surface area contributed by atoms with Gasteiger partial charge in [-0.05, 0) is 48.4 Å². The van der Waals surface area contributed by atoms with Gasteiger partial charge in [0.2, 0.25) is 0 Å². The van der Waals surface area contributed by atoms with Gasteiger partial charge in [0.25, 0.3) is 0 Å². The summed E-state index contributed by atoms with van der Waals surface area (Å²) in [5.41, 5.74) is 0. The van der Waals surface area contributed by atoms with Crippen LogP contribution in [0.4, 0.5) is 0 Å². The Hall–Kier alpha value is -1.42. The summed E-state index contributed by atoms with van der Waals surface area (Å²) >= 11 is 0. The fraction of sp³-hybridized carbons (Fsp3) is 0.636. The summed E-state index contributed by atoms with van der Waals surface area (Å²) < 4.78 is 14.1. The van der Waals surface area contributed by atoms with Crippen molar-refractivity contribution < 1.29 is 8.85 Å². The number of unbranched alkanes of at least 4 members (excludes halogenated alkanes) is 11. The van der Waals surface area contributed by atoms with Crippen molar-refractivity contribution in [2.24, 2.45) is 5.92 Å². The van der Waals surface area contributed by atoms with Gasteiger partial charge in [-0.25, -0.2) is 0 Å². The van der Waals surface area contributed by atoms with Crippen LogP contribution in [-0.4, -0.2) is 21.3 Å². The smallest absolute Gasteiger partial charge is 0.388 e. The van der Waals surface area contributed by atoms with Crippen LogP contribution in [0.2, 0.25) is 0 Å². The molecule has 2 nitrogen and oxygen atoms in total. The summed E-state index contributed by atoms with van der Waals surface area (Å²) in [4.78, 5) is 0. The lowest BCUT2D eigenvalue weighted by atomic mass is 9.89. The van der Waals surface area contributed by atoms with E-state index in [1.54, 1.807) is 0 Å². The summed E-state index contributed by atoms with van der Waals surface area (Å²) in [7, 11) is -2.76. The van der Waals surface area contributed by atoms with Gasteiger partial charge in [-0.2, -0.15) is 0 Å². The molecule has 1 aliphatic carbocycles. The third-order valence-corrected chi connectivity index (χ3v) is 11.4. The molecule has 1 aliphatic rings. The zero-order valence-corrected chi connectivity index (χ0v) is 24.3. The normalized spacial score (nSPS) is 18.4. The topological polar surface area (TPSA) is 18.5 Å². The van der Waals surface area contributed by atoms with E-state index in [-0.39, 0.29) is 0 Å². The van der Waals surface area contributed by atoms with E-state index in [0.29, 0.717) is 6.10 Å². The van der Waals surface area contributed by atoms with Crippen molar-refractivity contribution >= 4 is 18.9 Å². The largest absolute Gasteiger partial charge is 0.407 e. The second-order valence-corrected chi connectivity index (χ2v) is 14.0. The van der Waals surface area contributed by atoms with Crippen molar-refractivity contribution in [2.45, 2.75) is 123 Å². The second-order valence-electron chi connectivity index (χ2n) is 11.1. The molecule has 0 bridgehead atoms. The van der Waals surface area contributed by atoms with E-state index >= 15 is 0 Å². The summed E-state index contributed by atoms with van der Waals surface area (Å²) in [6.07, 6.45) is 21.5. The van der Waals surface area contributed by atoms with Crippen LogP contribution < -0.4 is 10.4 Å². The maximum absolute atomic E-state index is 7.12. The molecule has 2 aromatic rings. The molecule has 36 heavy (non-hydrogen) atoms. The van der Waals surface area contributed by atoms with E-state index in [2.05, 4.69) is 74.5 Å². The summed E-state index contributed by atoms with van der Waals surface area (Å²) in [6, 6.07) is 21.7. The van der Waals surface area contributed by atoms with Gasteiger partial charge in [0.1, 0.15) is 0 Å². The van der Waals surface area contributed by atoms with Gasteiger partial charge in [0, 0.05) is 12.7 Å². The van der Waals surface area contributed by atoms with Gasteiger partial charge in [0.05, 0.1) is 0 Å². The molecule has 0 aliphatic heterocycles. The first-order valence-corrected chi connectivity index (χ1v) is 17.0. The van der Waals surface area contributed by atoms with Crippen LogP contribution in [0.15, 0.2) is 60.7 Å². The monoisotopic (exact) mass is 508 g/mol. The Balaban J connectivity index is 1.51. The number of hydrogen-bond donors (Lipinski definition) is 0. The first-order chi connectivity index (χ1) is 17.7. The Morgan fingerprint density at radius 2 is 1.06 bits per heavy atom. The van der Waals surface area contributed by atoms with Crippen molar-refractivity contribution in [1.29, 1.82) is 0 Å². The third kappa shape index (κ3) is 9.80. The van der Waals surface area contributed by atoms with Crippen molar-refractivity contribution in [3.8, 4) is 0 Å². The highest BCUT2D eigenvalue weighted by atomic mass is 28.4. The molecule has 0 atom stereocenters. The molecule has 3 heteroatoms. The van der Waals surface area contributed by atoms with Crippen molar-refractivity contribution in [3.63, 3.8) is 0 Å². The standard InChI is InChI=1S/C33H52O2Si/c1-3-4-5-6-7-8-9-10-11-12-13-20-29-34-36(32-21-16-14-17-22-32,33-23-18-15-19-24-33)35-31-27-25-30(2)26-28-31/h14-19,21-24,30-31H,3-13,20,25-29H2,1-2H3. The highest BCUT2D eigenvalue weighted by molar-refractivity contribution is 6.92. The van der Waals surface area contributed by atoms with Gasteiger partial charge in [0.15, 0.2) is 0 Å². The van der Waals surface area contributed by atoms with Crippen LogP contribution in [0.1, 0.15) is 117 Å². The van der Waals surface area contributed by atoms with Crippen LogP contribution in [0.25, 0.3) is 0 Å². The molecule has 0 saturated heterocycles. The van der Waals surface area contributed by atoms with Crippen LogP contribution in [-0.2, 0) is 8.85 Å². The lowest BCUT2D eigenvalue weighted by molar-refractivity contribution is 0.0891. The maximum atomic E-state index is 7.12. The molecule has 200 valence electrons. The lowest BCUT2D eigenvalue weighted by Gasteiger charge is -2.37. The molecule has 0 unspecified atom stereocenters. The zero-order valence-electron chi connectivity index (χ0n) is 23.3. The highest BCUT2D eigenvalue weighted by Gasteiger charge is 2.45. The highest BCUT2D eigenvalue weighted by Crippen LogP contribution is 2.28. The minimum Gasteiger partial charge on any atom is -0.388 e. The summed E-state index contributed by atoms with van der Waals surface area (Å²) in [5, 5.41) is 2.49. The Morgan fingerprint density at radius 1 is 0.611 bits per heavy atom. The van der Waals surface area contributed by atoms with Crippen LogP contribution in [0, 0.1) is 5.92 Å². The Bertz CT molecular complexity index is 746. The van der Waals surface area contributed by atoms with Gasteiger partial charge in [-0.15, -0.1) is 0 Å². The van der Waals surface area contributed by atoms with Crippen molar-refractivity contribution in [3.05, 3.63) is 60.7 Å². The molecule has 1 fully saturated rings. The molecular formula is C33H52O2Si. The first-order valence-electron chi connectivity index (χ1n) is 15.2. The molecule has 3 rings (SSSR count). The number of rotatable bonds is 18. The molecular weight excluding hydrogens is 456 g/mol. The fourth-order valence-electron chi connectivity index (χ4n) is 5.56. The fourth-order valence-corrected chi connectivity index (χ4v) is 8.97. The lowest BCUT2D eigenvalue weighted by Crippen LogP contribution is -2.65. The Kier molecular flexibility index (Phi) is 13.9. The number of benzene rings is 2. The zero-order chi connectivity index (χ0) is 25.3. The minimum atomic E-state index is -2.76. The van der Waals surface area contributed by atoms with Gasteiger partial charge in [-0.3, -0.25) is 0 Å². The molecule has 0 spiro atoms. The third-order valence-electron chi connectivity index (χ3n) is 7.91. The SMILES string of the molecule is CCCCCCCCCCCCCCO[Si](OC1CCC(C)CC1)(c1ccccc1)c1ccccc1. The average Bonchev–Trinajstić information content (AvgIpc) is 2.93. The Labute approximate surface area is 223 Å². The van der Waals surface area contributed by atoms with E-state index in [1.165, 1.54) is 93.8 Å². The molecule has 0 amide bonds. The van der Waals surface area contributed by atoms with E-state index in [4.69, 9.17) is 8.85 Å². The molecule has 2 aromatic carbocycles.